The molecule has 2 unspecified atom stereocenters. The van der Waals surface area contributed by atoms with E-state index in [9.17, 15) is 0 Å². The average molecular weight is 224 g/mol. The van der Waals surface area contributed by atoms with Crippen LogP contribution in [0, 0.1) is 11.8 Å². The fraction of sp³-hybridized carbons (Fsp3) is 1.00. The van der Waals surface area contributed by atoms with Crippen molar-refractivity contribution < 1.29 is 0 Å². The van der Waals surface area contributed by atoms with Gasteiger partial charge in [-0.3, -0.25) is 4.90 Å². The predicted octanol–water partition coefficient (Wildman–Crippen LogP) is 2.50. The van der Waals surface area contributed by atoms with Crippen molar-refractivity contribution in [1.29, 1.82) is 0 Å². The summed E-state index contributed by atoms with van der Waals surface area (Å²) in [5.74, 6) is 1.82. The van der Waals surface area contributed by atoms with Crippen LogP contribution in [0.2, 0.25) is 0 Å². The molecule has 1 aliphatic heterocycles. The second-order valence-corrected chi connectivity index (χ2v) is 6.25. The Balaban J connectivity index is 1.81. The van der Waals surface area contributed by atoms with Gasteiger partial charge < -0.3 is 5.32 Å². The largest absolute Gasteiger partial charge is 0.309 e. The van der Waals surface area contributed by atoms with E-state index in [0.717, 1.165) is 11.8 Å². The third-order valence-corrected chi connectivity index (χ3v) is 4.34. The quantitative estimate of drug-likeness (QED) is 0.772. The van der Waals surface area contributed by atoms with E-state index >= 15 is 0 Å². The molecule has 1 saturated carbocycles. The van der Waals surface area contributed by atoms with Gasteiger partial charge >= 0.3 is 0 Å². The van der Waals surface area contributed by atoms with E-state index in [-0.39, 0.29) is 0 Å². The monoisotopic (exact) mass is 224 g/mol. The number of nitrogens with one attached hydrogen (secondary N) is 1. The Morgan fingerprint density at radius 2 is 2.19 bits per heavy atom. The van der Waals surface area contributed by atoms with Crippen LogP contribution in [-0.4, -0.2) is 36.6 Å². The van der Waals surface area contributed by atoms with Crippen LogP contribution in [0.5, 0.6) is 0 Å². The third kappa shape index (κ3) is 2.98. The Bertz CT molecular complexity index is 225. The van der Waals surface area contributed by atoms with Crippen LogP contribution >= 0.6 is 0 Å². The first-order chi connectivity index (χ1) is 7.64. The molecule has 2 atom stereocenters. The van der Waals surface area contributed by atoms with Crippen LogP contribution in [-0.2, 0) is 0 Å². The first-order valence-electron chi connectivity index (χ1n) is 7.11. The molecule has 94 valence electrons. The van der Waals surface area contributed by atoms with Crippen molar-refractivity contribution in [2.75, 3.05) is 26.2 Å². The van der Waals surface area contributed by atoms with Crippen molar-refractivity contribution in [1.82, 2.24) is 10.2 Å². The lowest BCUT2D eigenvalue weighted by atomic mass is 9.92. The van der Waals surface area contributed by atoms with E-state index < -0.39 is 0 Å². The highest BCUT2D eigenvalue weighted by atomic mass is 15.2. The summed E-state index contributed by atoms with van der Waals surface area (Å²) in [5.41, 5.74) is 0.421. The lowest BCUT2D eigenvalue weighted by Gasteiger charge is -2.42. The molecule has 0 amide bonds. The standard InChI is InChI=1S/C14H28N2/c1-4-5-12(2)10-16-9-8-15-14(3,11-16)13-6-7-13/h12-13,15H,4-11H2,1-3H3. The molecule has 0 aromatic carbocycles. The van der Waals surface area contributed by atoms with Crippen LogP contribution in [0.1, 0.15) is 46.5 Å². The summed E-state index contributed by atoms with van der Waals surface area (Å²) in [7, 11) is 0. The molecule has 0 spiro atoms. The minimum absolute atomic E-state index is 0.421. The van der Waals surface area contributed by atoms with E-state index in [1.165, 1.54) is 51.9 Å². The summed E-state index contributed by atoms with van der Waals surface area (Å²) in [5, 5.41) is 3.75. The van der Waals surface area contributed by atoms with Gasteiger partial charge in [-0.15, -0.1) is 0 Å². The van der Waals surface area contributed by atoms with Crippen molar-refractivity contribution in [3.05, 3.63) is 0 Å². The first-order valence-corrected chi connectivity index (χ1v) is 7.11. The molecule has 1 N–H and O–H groups in total. The minimum Gasteiger partial charge on any atom is -0.309 e. The van der Waals surface area contributed by atoms with E-state index in [0.29, 0.717) is 5.54 Å². The van der Waals surface area contributed by atoms with Gasteiger partial charge in [0.05, 0.1) is 0 Å². The normalized spacial score (nSPS) is 33.9. The highest BCUT2D eigenvalue weighted by molar-refractivity contribution is 5.02. The first kappa shape index (κ1) is 12.4. The molecular formula is C14H28N2. The van der Waals surface area contributed by atoms with Crippen molar-refractivity contribution in [2.24, 2.45) is 11.8 Å². The molecule has 2 nitrogen and oxygen atoms in total. The maximum Gasteiger partial charge on any atom is 0.0309 e. The summed E-state index contributed by atoms with van der Waals surface area (Å²) in [4.78, 5) is 2.69. The van der Waals surface area contributed by atoms with Gasteiger partial charge in [-0.05, 0) is 38.0 Å². The van der Waals surface area contributed by atoms with E-state index in [1.807, 2.05) is 0 Å². The lowest BCUT2D eigenvalue weighted by molar-refractivity contribution is 0.112. The predicted molar refractivity (Wildman–Crippen MR) is 69.6 cm³/mol. The topological polar surface area (TPSA) is 15.3 Å². The molecule has 1 aliphatic carbocycles. The van der Waals surface area contributed by atoms with Gasteiger partial charge in [0.25, 0.3) is 0 Å². The van der Waals surface area contributed by atoms with E-state index in [1.54, 1.807) is 0 Å². The molecule has 2 heteroatoms. The van der Waals surface area contributed by atoms with Gasteiger partial charge in [-0.25, -0.2) is 0 Å². The molecule has 2 fully saturated rings. The fourth-order valence-corrected chi connectivity index (χ4v) is 3.27. The smallest absolute Gasteiger partial charge is 0.0309 e. The zero-order chi connectivity index (χ0) is 11.6. The lowest BCUT2D eigenvalue weighted by Crippen LogP contribution is -2.60. The SMILES string of the molecule is CCCC(C)CN1CCNC(C)(C2CC2)C1. The summed E-state index contributed by atoms with van der Waals surface area (Å²) in [6.07, 6.45) is 5.60. The number of hydrogen-bond donors (Lipinski definition) is 1. The maximum atomic E-state index is 3.75. The maximum absolute atomic E-state index is 3.75. The molecule has 2 rings (SSSR count). The Hall–Kier alpha value is -0.0800. The fourth-order valence-electron chi connectivity index (χ4n) is 3.27. The Labute approximate surface area is 101 Å². The van der Waals surface area contributed by atoms with Crippen molar-refractivity contribution >= 4 is 0 Å². The van der Waals surface area contributed by atoms with Crippen LogP contribution in [0.15, 0.2) is 0 Å². The molecule has 0 aromatic heterocycles. The number of hydrogen-bond acceptors (Lipinski definition) is 2. The molecule has 16 heavy (non-hydrogen) atoms. The second kappa shape index (κ2) is 5.05. The second-order valence-electron chi connectivity index (χ2n) is 6.25. The van der Waals surface area contributed by atoms with Crippen LogP contribution < -0.4 is 5.32 Å². The van der Waals surface area contributed by atoms with Gasteiger partial charge in [-0.2, -0.15) is 0 Å². The third-order valence-electron chi connectivity index (χ3n) is 4.34. The Morgan fingerprint density at radius 1 is 1.44 bits per heavy atom. The van der Waals surface area contributed by atoms with E-state index in [4.69, 9.17) is 0 Å². The van der Waals surface area contributed by atoms with Crippen molar-refractivity contribution in [3.8, 4) is 0 Å². The van der Waals surface area contributed by atoms with Crippen LogP contribution in [0.3, 0.4) is 0 Å². The zero-order valence-corrected chi connectivity index (χ0v) is 11.3. The molecule has 1 saturated heterocycles. The van der Waals surface area contributed by atoms with Gasteiger partial charge in [0.15, 0.2) is 0 Å². The highest BCUT2D eigenvalue weighted by Crippen LogP contribution is 2.40. The summed E-state index contributed by atoms with van der Waals surface area (Å²) >= 11 is 0. The number of piperazine rings is 1. The molecule has 1 heterocycles. The van der Waals surface area contributed by atoms with Crippen molar-refractivity contribution in [3.63, 3.8) is 0 Å². The molecule has 2 aliphatic rings. The highest BCUT2D eigenvalue weighted by Gasteiger charge is 2.43. The molecule has 0 bridgehead atoms. The van der Waals surface area contributed by atoms with Gasteiger partial charge in [0, 0.05) is 31.7 Å². The van der Waals surface area contributed by atoms with Gasteiger partial charge in [-0.1, -0.05) is 20.3 Å². The van der Waals surface area contributed by atoms with Crippen LogP contribution in [0.25, 0.3) is 0 Å². The number of rotatable bonds is 5. The van der Waals surface area contributed by atoms with Crippen molar-refractivity contribution in [2.45, 2.75) is 52.0 Å². The number of nitrogens with zero attached hydrogens (tertiary/aromatic N) is 1. The van der Waals surface area contributed by atoms with Gasteiger partial charge in [0.1, 0.15) is 0 Å². The van der Waals surface area contributed by atoms with Gasteiger partial charge in [0.2, 0.25) is 0 Å². The zero-order valence-electron chi connectivity index (χ0n) is 11.3. The molecule has 0 radical (unpaired) electrons. The molecule has 0 aromatic rings. The summed E-state index contributed by atoms with van der Waals surface area (Å²) < 4.78 is 0. The minimum atomic E-state index is 0.421. The van der Waals surface area contributed by atoms with Crippen LogP contribution in [0.4, 0.5) is 0 Å². The Kier molecular flexibility index (Phi) is 3.91. The Morgan fingerprint density at radius 3 is 2.81 bits per heavy atom. The van der Waals surface area contributed by atoms with E-state index in [2.05, 4.69) is 31.0 Å². The summed E-state index contributed by atoms with van der Waals surface area (Å²) in [6, 6.07) is 0. The average Bonchev–Trinajstić information content (AvgIpc) is 3.00. The molecular weight excluding hydrogens is 196 g/mol. The summed E-state index contributed by atoms with van der Waals surface area (Å²) in [6.45, 7) is 12.1.